The third kappa shape index (κ3) is 3.35. The molecule has 2 unspecified atom stereocenters. The molecule has 0 spiro atoms. The molecule has 6 heteroatoms. The van der Waals surface area contributed by atoms with Gasteiger partial charge in [0, 0.05) is 23.3 Å². The molecule has 1 amide bonds. The molecular weight excluding hydrogens is 372 g/mol. The first-order chi connectivity index (χ1) is 13.2. The number of carbonyl (C=O) groups is 1. The molecule has 1 aromatic heterocycles. The van der Waals surface area contributed by atoms with Gasteiger partial charge in [0.25, 0.3) is 5.91 Å². The number of rotatable bonds is 3. The van der Waals surface area contributed by atoms with Gasteiger partial charge in [-0.25, -0.2) is 4.68 Å². The van der Waals surface area contributed by atoms with Gasteiger partial charge in [-0.05, 0) is 68.9 Å². The second-order valence-electron chi connectivity index (χ2n) is 8.56. The first kappa shape index (κ1) is 19.5. The number of nitrogens with two attached hydrogens (primary N) is 1. The Kier molecular flexibility index (Phi) is 5.48. The van der Waals surface area contributed by atoms with Crippen molar-refractivity contribution in [2.75, 3.05) is 0 Å². The van der Waals surface area contributed by atoms with Crippen LogP contribution in [-0.4, -0.2) is 27.8 Å². The molecule has 0 aliphatic heterocycles. The predicted molar refractivity (Wildman–Crippen MR) is 112 cm³/mol. The Morgan fingerprint density at radius 3 is 2.50 bits per heavy atom. The van der Waals surface area contributed by atoms with Crippen molar-refractivity contribution in [3.63, 3.8) is 0 Å². The number of nitrogens with zero attached hydrogens (tertiary/aromatic N) is 2. The Morgan fingerprint density at radius 2 is 1.79 bits per heavy atom. The lowest BCUT2D eigenvalue weighted by Gasteiger charge is -2.45. The van der Waals surface area contributed by atoms with Crippen molar-refractivity contribution in [2.45, 2.75) is 63.5 Å². The third-order valence-corrected chi connectivity index (χ3v) is 6.82. The van der Waals surface area contributed by atoms with Crippen molar-refractivity contribution >= 4 is 18.3 Å². The molecule has 0 radical (unpaired) electrons. The van der Waals surface area contributed by atoms with E-state index in [0.29, 0.717) is 23.6 Å². The summed E-state index contributed by atoms with van der Waals surface area (Å²) >= 11 is 0. The standard InChI is InChI=1S/C22H28N4O.ClH/c23-16-12-14-6-4-7-15(13-16)20(14)24-22(27)21-18-10-5-11-19(18)26(25-21)17-8-2-1-3-9-17;/h1-3,8-9,14-16,20H,4-7,10-13,23H2,(H,24,27);1H. The maximum atomic E-state index is 13.2. The highest BCUT2D eigenvalue weighted by molar-refractivity contribution is 5.94. The SMILES string of the molecule is Cl.NC1CC2CCCC(C1)C2NC(=O)c1nn(-c2ccccc2)c2c1CCC2. The van der Waals surface area contributed by atoms with Gasteiger partial charge in [0.1, 0.15) is 0 Å². The fourth-order valence-electron chi connectivity index (χ4n) is 5.65. The van der Waals surface area contributed by atoms with Crippen LogP contribution in [0.25, 0.3) is 5.69 Å². The monoisotopic (exact) mass is 400 g/mol. The van der Waals surface area contributed by atoms with Crippen molar-refractivity contribution in [3.8, 4) is 5.69 Å². The highest BCUT2D eigenvalue weighted by Crippen LogP contribution is 2.40. The lowest BCUT2D eigenvalue weighted by Crippen LogP contribution is -2.53. The number of hydrogen-bond donors (Lipinski definition) is 2. The smallest absolute Gasteiger partial charge is 0.272 e. The van der Waals surface area contributed by atoms with Gasteiger partial charge in [-0.2, -0.15) is 5.10 Å². The summed E-state index contributed by atoms with van der Waals surface area (Å²) in [7, 11) is 0. The zero-order valence-electron chi connectivity index (χ0n) is 16.1. The summed E-state index contributed by atoms with van der Waals surface area (Å²) in [4.78, 5) is 13.2. The average molecular weight is 401 g/mol. The van der Waals surface area contributed by atoms with Crippen LogP contribution in [0.5, 0.6) is 0 Å². The normalized spacial score (nSPS) is 28.3. The topological polar surface area (TPSA) is 72.9 Å². The number of nitrogens with one attached hydrogen (secondary N) is 1. The van der Waals surface area contributed by atoms with Gasteiger partial charge < -0.3 is 11.1 Å². The Hall–Kier alpha value is -1.85. The van der Waals surface area contributed by atoms with Gasteiger partial charge >= 0.3 is 0 Å². The Labute approximate surface area is 172 Å². The van der Waals surface area contributed by atoms with Crippen LogP contribution >= 0.6 is 12.4 Å². The molecule has 3 N–H and O–H groups in total. The van der Waals surface area contributed by atoms with Crippen LogP contribution in [0.3, 0.4) is 0 Å². The van der Waals surface area contributed by atoms with Gasteiger partial charge in [-0.15, -0.1) is 12.4 Å². The van der Waals surface area contributed by atoms with E-state index in [9.17, 15) is 4.79 Å². The van der Waals surface area contributed by atoms with E-state index in [1.807, 2.05) is 22.9 Å². The van der Waals surface area contributed by atoms with Crippen LogP contribution in [-0.2, 0) is 12.8 Å². The zero-order chi connectivity index (χ0) is 18.4. The largest absolute Gasteiger partial charge is 0.347 e. The van der Waals surface area contributed by atoms with E-state index in [1.54, 1.807) is 0 Å². The van der Waals surface area contributed by atoms with Gasteiger partial charge in [0.05, 0.1) is 5.69 Å². The molecule has 2 aromatic rings. The summed E-state index contributed by atoms with van der Waals surface area (Å²) in [5.41, 5.74) is 10.3. The molecular formula is C22H29ClN4O. The lowest BCUT2D eigenvalue weighted by atomic mass is 9.67. The van der Waals surface area contributed by atoms with Gasteiger partial charge in [0.15, 0.2) is 5.69 Å². The summed E-state index contributed by atoms with van der Waals surface area (Å²) in [5, 5.41) is 8.14. The highest BCUT2D eigenvalue weighted by atomic mass is 35.5. The molecule has 2 atom stereocenters. The number of benzene rings is 1. The summed E-state index contributed by atoms with van der Waals surface area (Å²) < 4.78 is 1.98. The van der Waals surface area contributed by atoms with Crippen molar-refractivity contribution in [1.29, 1.82) is 0 Å². The summed E-state index contributed by atoms with van der Waals surface area (Å²) in [6.07, 6.45) is 8.77. The first-order valence-electron chi connectivity index (χ1n) is 10.4. The minimum atomic E-state index is 0. The fraction of sp³-hybridized carbons (Fsp3) is 0.545. The molecule has 1 heterocycles. The number of fused-ring (bicyclic) bond motifs is 3. The second-order valence-corrected chi connectivity index (χ2v) is 8.56. The van der Waals surface area contributed by atoms with Gasteiger partial charge in [0.2, 0.25) is 0 Å². The summed E-state index contributed by atoms with van der Waals surface area (Å²) in [6, 6.07) is 10.7. The van der Waals surface area contributed by atoms with Crippen LogP contribution < -0.4 is 11.1 Å². The van der Waals surface area contributed by atoms with Crippen molar-refractivity contribution in [2.24, 2.45) is 17.6 Å². The molecule has 5 rings (SSSR count). The molecule has 150 valence electrons. The molecule has 3 aliphatic carbocycles. The first-order valence-corrected chi connectivity index (χ1v) is 10.4. The Bertz CT molecular complexity index is 836. The molecule has 3 aliphatic rings. The molecule has 28 heavy (non-hydrogen) atoms. The predicted octanol–water partition coefficient (Wildman–Crippen LogP) is 3.42. The Balaban J connectivity index is 0.00000192. The van der Waals surface area contributed by atoms with Crippen LogP contribution in [0.2, 0.25) is 0 Å². The molecule has 0 saturated heterocycles. The summed E-state index contributed by atoms with van der Waals surface area (Å²) in [5.74, 6) is 1.07. The van der Waals surface area contributed by atoms with Crippen molar-refractivity contribution in [1.82, 2.24) is 15.1 Å². The van der Waals surface area contributed by atoms with Crippen molar-refractivity contribution in [3.05, 3.63) is 47.3 Å². The van der Waals surface area contributed by atoms with E-state index in [4.69, 9.17) is 10.8 Å². The van der Waals surface area contributed by atoms with E-state index in [0.717, 1.165) is 43.4 Å². The average Bonchev–Trinajstić information content (AvgIpc) is 3.25. The van der Waals surface area contributed by atoms with E-state index < -0.39 is 0 Å². The third-order valence-electron chi connectivity index (χ3n) is 6.82. The van der Waals surface area contributed by atoms with E-state index in [1.165, 1.54) is 25.0 Å². The lowest BCUT2D eigenvalue weighted by molar-refractivity contribution is 0.0750. The zero-order valence-corrected chi connectivity index (χ0v) is 17.0. The second kappa shape index (κ2) is 7.88. The number of hydrogen-bond acceptors (Lipinski definition) is 3. The number of amides is 1. The maximum absolute atomic E-state index is 13.2. The number of halogens is 1. The minimum Gasteiger partial charge on any atom is -0.347 e. The Morgan fingerprint density at radius 1 is 1.07 bits per heavy atom. The molecule has 2 fully saturated rings. The van der Waals surface area contributed by atoms with E-state index in [2.05, 4.69) is 17.4 Å². The highest BCUT2D eigenvalue weighted by Gasteiger charge is 2.40. The minimum absolute atomic E-state index is 0. The van der Waals surface area contributed by atoms with Crippen LogP contribution in [0.4, 0.5) is 0 Å². The molecule has 1 aromatic carbocycles. The van der Waals surface area contributed by atoms with Gasteiger partial charge in [-0.1, -0.05) is 24.6 Å². The number of para-hydroxylation sites is 1. The quantitative estimate of drug-likeness (QED) is 0.829. The van der Waals surface area contributed by atoms with Crippen molar-refractivity contribution < 1.29 is 4.79 Å². The van der Waals surface area contributed by atoms with E-state index in [-0.39, 0.29) is 24.4 Å². The molecule has 2 saturated carbocycles. The van der Waals surface area contributed by atoms with E-state index >= 15 is 0 Å². The number of carbonyl (C=O) groups excluding carboxylic acids is 1. The maximum Gasteiger partial charge on any atom is 0.272 e. The summed E-state index contributed by atoms with van der Waals surface area (Å²) in [6.45, 7) is 0. The van der Waals surface area contributed by atoms with Crippen LogP contribution in [0.1, 0.15) is 60.3 Å². The molecule has 5 nitrogen and oxygen atoms in total. The fourth-order valence-corrected chi connectivity index (χ4v) is 5.65. The number of aromatic nitrogens is 2. The van der Waals surface area contributed by atoms with Crippen LogP contribution in [0, 0.1) is 11.8 Å². The van der Waals surface area contributed by atoms with Crippen LogP contribution in [0.15, 0.2) is 30.3 Å². The molecule has 2 bridgehead atoms. The van der Waals surface area contributed by atoms with Gasteiger partial charge in [-0.3, -0.25) is 4.79 Å².